The van der Waals surface area contributed by atoms with Crippen LogP contribution >= 0.6 is 79.6 Å². The molecule has 12 rings (SSSR count). The van der Waals surface area contributed by atoms with E-state index in [4.69, 9.17) is 37.0 Å². The smallest absolute Gasteiger partial charge is 0.413 e. The van der Waals surface area contributed by atoms with E-state index >= 15 is 0 Å². The van der Waals surface area contributed by atoms with Gasteiger partial charge in [0.05, 0.1) is 47.7 Å². The number of benzene rings is 6. The highest BCUT2D eigenvalue weighted by Crippen LogP contribution is 2.40. The van der Waals surface area contributed by atoms with Gasteiger partial charge in [-0.05, 0) is 39.0 Å². The molecule has 1 amide bonds. The van der Waals surface area contributed by atoms with Crippen molar-refractivity contribution in [3.63, 3.8) is 0 Å². The average Bonchev–Trinajstić information content (AvgIpc) is 4.23. The van der Waals surface area contributed by atoms with Crippen molar-refractivity contribution >= 4 is 127 Å². The number of nitrogens with zero attached hydrogens (tertiary/aromatic N) is 6. The van der Waals surface area contributed by atoms with Crippen LogP contribution in [0, 0.1) is 0 Å². The van der Waals surface area contributed by atoms with Crippen molar-refractivity contribution in [2.24, 2.45) is 0 Å². The van der Waals surface area contributed by atoms with Crippen LogP contribution in [0.4, 0.5) is 15.1 Å². The molecule has 6 aromatic carbocycles. The first kappa shape index (κ1) is 46.9. The SMILES string of the molecule is CC(C)(C)OC(=O)Nc1nc2cccc(-c3nc(-c4ccccc4)cs3)c2s1.Clc1nc2cccc(-c3nc(-c4ccccc4)cs3)c2s1.Nc1nc2cccc(-c3nc(-c4ccccc4)cs3)c2s1. The molecule has 0 bridgehead atoms. The van der Waals surface area contributed by atoms with Crippen LogP contribution in [0.5, 0.6) is 0 Å². The van der Waals surface area contributed by atoms with E-state index in [-0.39, 0.29) is 0 Å². The maximum Gasteiger partial charge on any atom is 0.413 e. The second-order valence-corrected chi connectivity index (χ2v) is 22.5. The lowest BCUT2D eigenvalue weighted by Gasteiger charge is -2.18. The Balaban J connectivity index is 0.000000123. The quantitative estimate of drug-likeness (QED) is 0.160. The maximum atomic E-state index is 12.0. The second kappa shape index (κ2) is 20.7. The number of fused-ring (bicyclic) bond motifs is 3. The minimum atomic E-state index is -0.555. The van der Waals surface area contributed by atoms with Crippen LogP contribution < -0.4 is 11.1 Å². The second-order valence-electron chi connectivity index (χ2n) is 16.3. The Morgan fingerprint density at radius 1 is 0.500 bits per heavy atom. The molecule has 0 aliphatic carbocycles. The summed E-state index contributed by atoms with van der Waals surface area (Å²) < 4.78 is 9.06. The molecule has 0 spiro atoms. The maximum absolute atomic E-state index is 12.0. The van der Waals surface area contributed by atoms with E-state index in [1.165, 1.54) is 34.0 Å². The number of amides is 1. The normalized spacial score (nSPS) is 11.3. The monoisotopic (exact) mass is 1050 g/mol. The number of rotatable bonds is 7. The Morgan fingerprint density at radius 2 is 0.900 bits per heavy atom. The van der Waals surface area contributed by atoms with Crippen molar-refractivity contribution in [3.8, 4) is 65.5 Å². The number of nitrogen functional groups attached to an aromatic ring is 1. The van der Waals surface area contributed by atoms with Gasteiger partial charge in [-0.25, -0.2) is 34.7 Å². The van der Waals surface area contributed by atoms with E-state index in [1.54, 1.807) is 34.0 Å². The minimum Gasteiger partial charge on any atom is -0.444 e. The number of ether oxygens (including phenoxy) is 1. The summed E-state index contributed by atoms with van der Waals surface area (Å²) in [6, 6.07) is 48.6. The van der Waals surface area contributed by atoms with Gasteiger partial charge >= 0.3 is 6.09 Å². The molecule has 12 aromatic rings. The summed E-state index contributed by atoms with van der Waals surface area (Å²) in [6.07, 6.45) is -0.506. The highest BCUT2D eigenvalue weighted by Gasteiger charge is 2.20. The Hall–Kier alpha value is -6.76. The fraction of sp³-hybridized carbons (Fsp3) is 0.0755. The van der Waals surface area contributed by atoms with Gasteiger partial charge in [0.25, 0.3) is 0 Å². The van der Waals surface area contributed by atoms with E-state index in [9.17, 15) is 4.79 Å². The van der Waals surface area contributed by atoms with Gasteiger partial charge in [0.1, 0.15) is 20.6 Å². The predicted octanol–water partition coefficient (Wildman–Crippen LogP) is 16.8. The third-order valence-electron chi connectivity index (χ3n) is 10.3. The van der Waals surface area contributed by atoms with Crippen molar-refractivity contribution in [3.05, 3.63) is 166 Å². The molecular formula is C53H39ClN8O2S6. The first-order valence-electron chi connectivity index (χ1n) is 21.6. The summed E-state index contributed by atoms with van der Waals surface area (Å²) in [6.45, 7) is 5.49. The molecule has 346 valence electrons. The number of halogens is 1. The first-order chi connectivity index (χ1) is 34.0. The van der Waals surface area contributed by atoms with Gasteiger partial charge in [-0.2, -0.15) is 0 Å². The molecule has 0 saturated carbocycles. The van der Waals surface area contributed by atoms with Gasteiger partial charge in [-0.3, -0.25) is 5.32 Å². The molecule has 0 aliphatic rings. The van der Waals surface area contributed by atoms with Gasteiger partial charge in [0, 0.05) is 49.5 Å². The Kier molecular flexibility index (Phi) is 13.9. The van der Waals surface area contributed by atoms with E-state index < -0.39 is 11.7 Å². The third-order valence-corrected chi connectivity index (χ3v) is 16.0. The number of hydrogen-bond acceptors (Lipinski definition) is 15. The Labute approximate surface area is 431 Å². The lowest BCUT2D eigenvalue weighted by Crippen LogP contribution is -2.27. The molecule has 70 heavy (non-hydrogen) atoms. The van der Waals surface area contributed by atoms with E-state index in [0.29, 0.717) is 14.7 Å². The molecule has 6 heterocycles. The molecule has 0 saturated heterocycles. The highest BCUT2D eigenvalue weighted by atomic mass is 35.5. The lowest BCUT2D eigenvalue weighted by atomic mass is 10.2. The van der Waals surface area contributed by atoms with Crippen molar-refractivity contribution in [2.45, 2.75) is 26.4 Å². The zero-order valence-electron chi connectivity index (χ0n) is 37.5. The highest BCUT2D eigenvalue weighted by molar-refractivity contribution is 7.24. The molecule has 0 atom stereocenters. The summed E-state index contributed by atoms with van der Waals surface area (Å²) in [7, 11) is 0. The fourth-order valence-electron chi connectivity index (χ4n) is 7.20. The zero-order chi connectivity index (χ0) is 48.2. The Morgan fingerprint density at radius 3 is 1.34 bits per heavy atom. The fourth-order valence-corrected chi connectivity index (χ4v) is 12.9. The van der Waals surface area contributed by atoms with E-state index in [0.717, 1.165) is 96.1 Å². The van der Waals surface area contributed by atoms with Crippen LogP contribution in [0.25, 0.3) is 96.1 Å². The number of aromatic nitrogens is 6. The molecular weight excluding hydrogens is 1010 g/mol. The van der Waals surface area contributed by atoms with Crippen LogP contribution in [-0.4, -0.2) is 41.6 Å². The van der Waals surface area contributed by atoms with Gasteiger partial charge in [-0.1, -0.05) is 162 Å². The summed E-state index contributed by atoms with van der Waals surface area (Å²) in [5.74, 6) is 0. The number of carbonyl (C=O) groups is 1. The molecule has 6 aromatic heterocycles. The molecule has 0 unspecified atom stereocenters. The molecule has 0 fully saturated rings. The number of anilines is 2. The molecule has 0 aliphatic heterocycles. The number of carbonyl (C=O) groups excluding carboxylic acids is 1. The Bertz CT molecular complexity index is 3570. The van der Waals surface area contributed by atoms with Crippen molar-refractivity contribution < 1.29 is 9.53 Å². The number of thiazole rings is 6. The van der Waals surface area contributed by atoms with E-state index in [1.807, 2.05) is 118 Å². The van der Waals surface area contributed by atoms with Gasteiger partial charge in [0.2, 0.25) is 0 Å². The average molecular weight is 1050 g/mol. The van der Waals surface area contributed by atoms with Crippen LogP contribution in [0.2, 0.25) is 4.47 Å². The summed E-state index contributed by atoms with van der Waals surface area (Å²) in [5.41, 5.74) is 17.5. The number of nitrogens with two attached hydrogens (primary N) is 1. The van der Waals surface area contributed by atoms with Crippen molar-refractivity contribution in [1.29, 1.82) is 0 Å². The lowest BCUT2D eigenvalue weighted by molar-refractivity contribution is 0.0636. The van der Waals surface area contributed by atoms with Crippen molar-refractivity contribution in [2.75, 3.05) is 11.1 Å². The molecule has 10 nitrogen and oxygen atoms in total. The standard InChI is InChI=1S/C21H19N3O2S2.C16H9ClN2S2.C16H11N3S2/c1-21(2,3)26-20(25)24-19-23-15-11-7-10-14(17(15)28-19)18-22-16(12-27-18)13-8-5-4-6-9-13;2*17-16-19-12-8-4-7-11(14(12)21-16)15-18-13(9-20-15)10-5-2-1-3-6-10/h4-12H,1-3H3,(H,23,24,25);1-9H;1-9H,(H2,17,19). The summed E-state index contributed by atoms with van der Waals surface area (Å²) >= 11 is 15.4. The minimum absolute atomic E-state index is 0.506. The first-order valence-corrected chi connectivity index (χ1v) is 27.1. The molecule has 17 heteroatoms. The van der Waals surface area contributed by atoms with Crippen LogP contribution in [0.15, 0.2) is 162 Å². The third kappa shape index (κ3) is 10.8. The van der Waals surface area contributed by atoms with Crippen molar-refractivity contribution in [1.82, 2.24) is 29.9 Å². The zero-order valence-corrected chi connectivity index (χ0v) is 43.1. The van der Waals surface area contributed by atoms with Gasteiger partial charge in [0.15, 0.2) is 14.7 Å². The van der Waals surface area contributed by atoms with E-state index in [2.05, 4.69) is 84.9 Å². The predicted molar refractivity (Wildman–Crippen MR) is 298 cm³/mol. The topological polar surface area (TPSA) is 142 Å². The van der Waals surface area contributed by atoms with Gasteiger partial charge in [-0.15, -0.1) is 45.3 Å². The number of hydrogen-bond donors (Lipinski definition) is 2. The largest absolute Gasteiger partial charge is 0.444 e. The van der Waals surface area contributed by atoms with Crippen LogP contribution in [0.3, 0.4) is 0 Å². The summed E-state index contributed by atoms with van der Waals surface area (Å²) in [5, 5.41) is 13.0. The molecule has 0 radical (unpaired) electrons. The number of nitrogens with one attached hydrogen (secondary N) is 1. The molecule has 3 N–H and O–H groups in total. The van der Waals surface area contributed by atoms with Gasteiger partial charge < -0.3 is 10.5 Å². The van der Waals surface area contributed by atoms with Crippen LogP contribution in [-0.2, 0) is 4.74 Å². The summed E-state index contributed by atoms with van der Waals surface area (Å²) in [4.78, 5) is 39.6. The van der Waals surface area contributed by atoms with Crippen LogP contribution in [0.1, 0.15) is 20.8 Å².